The lowest BCUT2D eigenvalue weighted by atomic mass is 10.1. The number of halogens is 1. The predicted octanol–water partition coefficient (Wildman–Crippen LogP) is -0.880. The monoisotopic (exact) mass is 446 g/mol. The van der Waals surface area contributed by atoms with Gasteiger partial charge in [-0.15, -0.1) is 0 Å². The molecule has 0 unspecified atom stereocenters. The summed E-state index contributed by atoms with van der Waals surface area (Å²) in [7, 11) is -4.84. The lowest BCUT2D eigenvalue weighted by Crippen LogP contribution is -2.43. The number of aliphatic hydroxyl groups excluding tert-OH is 2. The van der Waals surface area contributed by atoms with Gasteiger partial charge in [-0.05, 0) is 24.1 Å². The van der Waals surface area contributed by atoms with Crippen molar-refractivity contribution in [3.8, 4) is 0 Å². The molecule has 0 spiro atoms. The van der Waals surface area contributed by atoms with Crippen LogP contribution in [0.2, 0.25) is 0 Å². The predicted molar refractivity (Wildman–Crippen MR) is 99.0 cm³/mol. The summed E-state index contributed by atoms with van der Waals surface area (Å²) in [5.41, 5.74) is -0.896. The highest BCUT2D eigenvalue weighted by molar-refractivity contribution is 7.46. The third-order valence-corrected chi connectivity index (χ3v) is 5.11. The summed E-state index contributed by atoms with van der Waals surface area (Å²) in [6, 6.07) is 6.75. The summed E-state index contributed by atoms with van der Waals surface area (Å²) >= 11 is 0. The number of rotatable bonds is 7. The van der Waals surface area contributed by atoms with Crippen molar-refractivity contribution in [2.75, 3.05) is 6.61 Å². The minimum atomic E-state index is -4.84. The Hall–Kier alpha value is -2.18. The molecule has 0 bridgehead atoms. The van der Waals surface area contributed by atoms with Gasteiger partial charge in [0.25, 0.3) is 5.56 Å². The molecule has 1 saturated heterocycles. The third-order valence-electron chi connectivity index (χ3n) is 4.63. The quantitative estimate of drug-likeness (QED) is 0.396. The molecule has 0 amide bonds. The summed E-state index contributed by atoms with van der Waals surface area (Å²) in [5, 5.41) is 20.3. The first-order valence-corrected chi connectivity index (χ1v) is 10.4. The highest BCUT2D eigenvalue weighted by atomic mass is 31.2. The zero-order valence-electron chi connectivity index (χ0n) is 15.4. The van der Waals surface area contributed by atoms with E-state index < -0.39 is 56.0 Å². The lowest BCUT2D eigenvalue weighted by molar-refractivity contribution is -0.0548. The molecular formula is C17H20FN2O9P. The molecule has 1 fully saturated rings. The summed E-state index contributed by atoms with van der Waals surface area (Å²) in [6.45, 7) is -0.801. The first kappa shape index (κ1) is 22.5. The van der Waals surface area contributed by atoms with E-state index in [0.717, 1.165) is 21.4 Å². The van der Waals surface area contributed by atoms with Crippen molar-refractivity contribution < 1.29 is 38.2 Å². The fourth-order valence-corrected chi connectivity index (χ4v) is 3.47. The summed E-state index contributed by atoms with van der Waals surface area (Å²) in [6.07, 6.45) is -4.69. The van der Waals surface area contributed by atoms with Crippen molar-refractivity contribution in [3.05, 3.63) is 68.7 Å². The van der Waals surface area contributed by atoms with E-state index in [0.29, 0.717) is 5.56 Å². The number of hydrogen-bond acceptors (Lipinski definition) is 7. The molecule has 1 aromatic carbocycles. The van der Waals surface area contributed by atoms with Crippen molar-refractivity contribution >= 4 is 7.82 Å². The fraction of sp³-hybridized carbons (Fsp3) is 0.412. The van der Waals surface area contributed by atoms with Crippen LogP contribution in [-0.2, 0) is 26.8 Å². The molecule has 1 aliphatic heterocycles. The Labute approximate surface area is 168 Å². The van der Waals surface area contributed by atoms with Gasteiger partial charge in [0.05, 0.1) is 6.61 Å². The number of benzene rings is 1. The molecule has 1 aliphatic rings. The van der Waals surface area contributed by atoms with Crippen molar-refractivity contribution in [1.82, 2.24) is 9.13 Å². The Morgan fingerprint density at radius 2 is 1.90 bits per heavy atom. The SMILES string of the molecule is O=c1ccn([C@@H]2O[C@H](COP(=O)(O)O)[C@H](O)[C@@H]2O)c(=O)n1CCc1cccc(F)c1. The molecule has 4 atom stereocenters. The number of aryl methyl sites for hydroxylation is 1. The van der Waals surface area contributed by atoms with Crippen LogP contribution in [0.5, 0.6) is 0 Å². The molecule has 1 aromatic heterocycles. The summed E-state index contributed by atoms with van der Waals surface area (Å²) in [4.78, 5) is 42.4. The smallest absolute Gasteiger partial charge is 0.387 e. The van der Waals surface area contributed by atoms with Gasteiger partial charge in [-0.1, -0.05) is 12.1 Å². The van der Waals surface area contributed by atoms with Crippen LogP contribution < -0.4 is 11.2 Å². The number of aliphatic hydroxyl groups is 2. The maximum Gasteiger partial charge on any atom is 0.469 e. The van der Waals surface area contributed by atoms with E-state index in [2.05, 4.69) is 4.52 Å². The molecular weight excluding hydrogens is 426 g/mol. The minimum absolute atomic E-state index is 0.0714. The molecule has 0 aliphatic carbocycles. The maximum absolute atomic E-state index is 13.3. The zero-order chi connectivity index (χ0) is 22.1. The number of hydrogen-bond donors (Lipinski definition) is 4. The Kier molecular flexibility index (Phi) is 6.68. The van der Waals surface area contributed by atoms with Gasteiger partial charge in [-0.3, -0.25) is 18.5 Å². The molecule has 4 N–H and O–H groups in total. The molecule has 0 saturated carbocycles. The standard InChI is InChI=1S/C17H20FN2O9P/c18-11-3-1-2-10(8-11)4-6-19-13(21)5-7-20(17(19)24)16-15(23)14(22)12(29-16)9-28-30(25,26)27/h1-3,5,7-8,12,14-16,22-23H,4,6,9H2,(H2,25,26,27)/t12-,14+,15+,16-/m1/s1. The van der Waals surface area contributed by atoms with Crippen molar-refractivity contribution in [3.63, 3.8) is 0 Å². The topological polar surface area (TPSA) is 160 Å². The normalized spacial score (nSPS) is 24.3. The largest absolute Gasteiger partial charge is 0.469 e. The minimum Gasteiger partial charge on any atom is -0.387 e. The van der Waals surface area contributed by atoms with Crippen molar-refractivity contribution in [2.24, 2.45) is 0 Å². The lowest BCUT2D eigenvalue weighted by Gasteiger charge is -2.18. The second-order valence-electron chi connectivity index (χ2n) is 6.71. The van der Waals surface area contributed by atoms with Gasteiger partial charge in [-0.25, -0.2) is 13.8 Å². The van der Waals surface area contributed by atoms with Crippen LogP contribution >= 0.6 is 7.82 Å². The van der Waals surface area contributed by atoms with Crippen LogP contribution in [-0.4, -0.2) is 54.1 Å². The van der Waals surface area contributed by atoms with Gasteiger partial charge in [0.15, 0.2) is 6.23 Å². The van der Waals surface area contributed by atoms with Gasteiger partial charge in [0.1, 0.15) is 24.1 Å². The van der Waals surface area contributed by atoms with Crippen LogP contribution in [0.3, 0.4) is 0 Å². The van der Waals surface area contributed by atoms with Crippen molar-refractivity contribution in [1.29, 1.82) is 0 Å². The van der Waals surface area contributed by atoms with E-state index >= 15 is 0 Å². The fourth-order valence-electron chi connectivity index (χ4n) is 3.13. The number of phosphoric ester groups is 1. The summed E-state index contributed by atoms with van der Waals surface area (Å²) in [5.74, 6) is -0.453. The number of phosphoric acid groups is 1. The van der Waals surface area contributed by atoms with E-state index in [1.54, 1.807) is 6.07 Å². The Bertz CT molecular complexity index is 1070. The number of ether oxygens (including phenoxy) is 1. The first-order chi connectivity index (χ1) is 14.1. The molecule has 13 heteroatoms. The van der Waals surface area contributed by atoms with Gasteiger partial charge in [-0.2, -0.15) is 0 Å². The van der Waals surface area contributed by atoms with Crippen LogP contribution in [0.25, 0.3) is 0 Å². The van der Waals surface area contributed by atoms with E-state index in [1.165, 1.54) is 18.2 Å². The van der Waals surface area contributed by atoms with E-state index in [9.17, 15) is 28.8 Å². The van der Waals surface area contributed by atoms with E-state index in [4.69, 9.17) is 14.5 Å². The molecule has 2 heterocycles. The van der Waals surface area contributed by atoms with Gasteiger partial charge >= 0.3 is 13.5 Å². The Morgan fingerprint density at radius 3 is 2.57 bits per heavy atom. The molecule has 164 valence electrons. The second-order valence-corrected chi connectivity index (χ2v) is 7.95. The number of nitrogens with zero attached hydrogens (tertiary/aromatic N) is 2. The van der Waals surface area contributed by atoms with Gasteiger partial charge in [0, 0.05) is 18.8 Å². The van der Waals surface area contributed by atoms with Gasteiger partial charge < -0.3 is 24.7 Å². The maximum atomic E-state index is 13.3. The Balaban J connectivity index is 1.81. The van der Waals surface area contributed by atoms with Crippen LogP contribution in [0, 0.1) is 5.82 Å². The summed E-state index contributed by atoms with van der Waals surface area (Å²) < 4.78 is 35.5. The number of aromatic nitrogens is 2. The highest BCUT2D eigenvalue weighted by Gasteiger charge is 2.45. The molecule has 2 aromatic rings. The van der Waals surface area contributed by atoms with Crippen LogP contribution in [0.15, 0.2) is 46.1 Å². The van der Waals surface area contributed by atoms with Gasteiger partial charge in [0.2, 0.25) is 0 Å². The van der Waals surface area contributed by atoms with Crippen molar-refractivity contribution in [2.45, 2.75) is 37.5 Å². The molecule has 3 rings (SSSR count). The Morgan fingerprint density at radius 1 is 1.17 bits per heavy atom. The second kappa shape index (κ2) is 8.90. The molecule has 11 nitrogen and oxygen atoms in total. The average molecular weight is 446 g/mol. The average Bonchev–Trinajstić information content (AvgIpc) is 2.94. The first-order valence-electron chi connectivity index (χ1n) is 8.85. The highest BCUT2D eigenvalue weighted by Crippen LogP contribution is 2.38. The van der Waals surface area contributed by atoms with Crippen LogP contribution in [0.1, 0.15) is 11.8 Å². The van der Waals surface area contributed by atoms with Crippen LogP contribution in [0.4, 0.5) is 4.39 Å². The molecule has 30 heavy (non-hydrogen) atoms. The third kappa shape index (κ3) is 5.10. The van der Waals surface area contributed by atoms with E-state index in [-0.39, 0.29) is 13.0 Å². The van der Waals surface area contributed by atoms with E-state index in [1.807, 2.05) is 0 Å². The molecule has 0 radical (unpaired) electrons. The zero-order valence-corrected chi connectivity index (χ0v) is 16.3.